The first-order valence-electron chi connectivity index (χ1n) is 13.8. The molecule has 2 aromatic carbocycles. The zero-order chi connectivity index (χ0) is 25.1. The van der Waals surface area contributed by atoms with Crippen molar-refractivity contribution in [3.8, 4) is 22.4 Å². The molecule has 0 amide bonds. The van der Waals surface area contributed by atoms with Crippen LogP contribution in [0.25, 0.3) is 22.4 Å². The molecule has 2 aliphatic rings. The van der Waals surface area contributed by atoms with Crippen molar-refractivity contribution in [1.82, 2.24) is 0 Å². The van der Waals surface area contributed by atoms with Gasteiger partial charge in [-0.2, -0.15) is 0 Å². The predicted molar refractivity (Wildman–Crippen MR) is 130 cm³/mol. The summed E-state index contributed by atoms with van der Waals surface area (Å²) in [5.41, 5.74) is 6.51. The van der Waals surface area contributed by atoms with Crippen molar-refractivity contribution in [3.05, 3.63) is 65.4 Å². The average molecular weight is 418 g/mol. The molecule has 1 aromatic heterocycles. The van der Waals surface area contributed by atoms with Gasteiger partial charge in [0.1, 0.15) is 15.1 Å². The average Bonchev–Trinajstić information content (AvgIpc) is 3.09. The number of rotatable bonds is 2. The molecular formula is C28H34NSi+. The normalized spacial score (nSPS) is 23.8. The second-order valence-corrected chi connectivity index (χ2v) is 13.6. The van der Waals surface area contributed by atoms with Crippen LogP contribution in [0.4, 0.5) is 0 Å². The lowest BCUT2D eigenvalue weighted by Gasteiger charge is -2.38. The minimum atomic E-state index is -2.38. The molecule has 0 radical (unpaired) electrons. The Morgan fingerprint density at radius 1 is 0.967 bits per heavy atom. The predicted octanol–water partition coefficient (Wildman–Crippen LogP) is 5.61. The molecule has 1 unspecified atom stereocenters. The zero-order valence-electron chi connectivity index (χ0n) is 23.3. The molecule has 1 aliphatic heterocycles. The van der Waals surface area contributed by atoms with Gasteiger partial charge < -0.3 is 0 Å². The molecule has 2 heterocycles. The number of fused-ring (bicyclic) bond motifs is 3. The summed E-state index contributed by atoms with van der Waals surface area (Å²) < 4.78 is 43.3. The molecule has 3 aromatic rings. The number of pyridine rings is 1. The highest BCUT2D eigenvalue weighted by Crippen LogP contribution is 2.44. The lowest BCUT2D eigenvalue weighted by Crippen LogP contribution is -2.57. The maximum atomic E-state index is 8.43. The van der Waals surface area contributed by atoms with Gasteiger partial charge in [0.25, 0.3) is 0 Å². The van der Waals surface area contributed by atoms with Crippen LogP contribution in [0.2, 0.25) is 12.1 Å². The van der Waals surface area contributed by atoms with Gasteiger partial charge in [-0.05, 0) is 58.8 Å². The molecule has 0 saturated heterocycles. The summed E-state index contributed by atoms with van der Waals surface area (Å²) in [6, 6.07) is 14.8. The Hall–Kier alpha value is -2.19. The number of nitrogens with zero attached hydrogens (tertiary/aromatic N) is 1. The molecule has 1 atom stereocenters. The molecule has 1 fully saturated rings. The van der Waals surface area contributed by atoms with E-state index in [1.165, 1.54) is 53.6 Å². The van der Waals surface area contributed by atoms with Crippen LogP contribution in [-0.4, -0.2) is 8.07 Å². The van der Waals surface area contributed by atoms with Gasteiger partial charge in [0, 0.05) is 24.0 Å². The fourth-order valence-corrected chi connectivity index (χ4v) is 11.7. The number of aromatic nitrogens is 1. The third kappa shape index (κ3) is 2.69. The van der Waals surface area contributed by atoms with Gasteiger partial charge in [-0.1, -0.05) is 75.0 Å². The van der Waals surface area contributed by atoms with Gasteiger partial charge in [-0.3, -0.25) is 0 Å². The van der Waals surface area contributed by atoms with Crippen LogP contribution in [0.1, 0.15) is 55.6 Å². The summed E-state index contributed by atoms with van der Waals surface area (Å²) >= 11 is 0. The van der Waals surface area contributed by atoms with Crippen LogP contribution in [0.3, 0.4) is 0 Å². The topological polar surface area (TPSA) is 3.88 Å². The summed E-state index contributed by atoms with van der Waals surface area (Å²) in [6.45, 7) is 0.845. The Labute approximate surface area is 189 Å². The van der Waals surface area contributed by atoms with E-state index in [2.05, 4.69) is 49.9 Å². The van der Waals surface area contributed by atoms with Gasteiger partial charge in [0.2, 0.25) is 5.69 Å². The molecule has 2 heteroatoms. The molecular weight excluding hydrogens is 378 g/mol. The molecule has 30 heavy (non-hydrogen) atoms. The highest BCUT2D eigenvalue weighted by molar-refractivity contribution is 7.06. The van der Waals surface area contributed by atoms with Crippen LogP contribution < -0.4 is 14.9 Å². The van der Waals surface area contributed by atoms with Crippen molar-refractivity contribution < 1.29 is 11.4 Å². The molecule has 0 N–H and O–H groups in total. The Balaban J connectivity index is 1.90. The van der Waals surface area contributed by atoms with Crippen LogP contribution in [0, 0.1) is 20.7 Å². The van der Waals surface area contributed by atoms with Gasteiger partial charge in [0.05, 0.1) is 0 Å². The largest absolute Gasteiger partial charge is 0.215 e. The Morgan fingerprint density at radius 3 is 2.53 bits per heavy atom. The fraction of sp³-hybridized carbons (Fsp3) is 0.393. The van der Waals surface area contributed by atoms with Crippen LogP contribution in [-0.2, 0) is 7.05 Å². The lowest BCUT2D eigenvalue weighted by molar-refractivity contribution is -0.660. The molecule has 1 aliphatic carbocycles. The van der Waals surface area contributed by atoms with Crippen molar-refractivity contribution in [1.29, 1.82) is 0 Å². The number of aryl methyl sites for hydroxylation is 3. The van der Waals surface area contributed by atoms with Crippen molar-refractivity contribution in [2.75, 3.05) is 0 Å². The Bertz CT molecular complexity index is 1290. The van der Waals surface area contributed by atoms with E-state index >= 15 is 0 Å². The zero-order valence-corrected chi connectivity index (χ0v) is 19.3. The van der Waals surface area contributed by atoms with E-state index in [9.17, 15) is 0 Å². The molecule has 1 nitrogen and oxygen atoms in total. The van der Waals surface area contributed by atoms with Crippen LogP contribution >= 0.6 is 0 Å². The minimum absolute atomic E-state index is 0.120. The summed E-state index contributed by atoms with van der Waals surface area (Å²) in [5.74, 6) is 0. The van der Waals surface area contributed by atoms with Gasteiger partial charge in [-0.25, -0.2) is 4.57 Å². The van der Waals surface area contributed by atoms with E-state index in [0.717, 1.165) is 16.8 Å². The van der Waals surface area contributed by atoms with Crippen LogP contribution in [0.5, 0.6) is 0 Å². The monoisotopic (exact) mass is 417 g/mol. The van der Waals surface area contributed by atoms with E-state index in [0.29, 0.717) is 11.1 Å². The summed E-state index contributed by atoms with van der Waals surface area (Å²) in [5, 5.41) is 2.86. The number of hydrogen-bond donors (Lipinski definition) is 0. The van der Waals surface area contributed by atoms with Crippen molar-refractivity contribution >= 4 is 18.4 Å². The van der Waals surface area contributed by atoms with Crippen LogP contribution in [0.15, 0.2) is 48.7 Å². The van der Waals surface area contributed by atoms with E-state index in [1.54, 1.807) is 12.3 Å². The van der Waals surface area contributed by atoms with Gasteiger partial charge in [-0.15, -0.1) is 0 Å². The van der Waals surface area contributed by atoms with Crippen molar-refractivity contribution in [2.45, 2.75) is 64.8 Å². The Kier molecular flexibility index (Phi) is 3.54. The lowest BCUT2D eigenvalue weighted by atomic mass is 9.94. The minimum Gasteiger partial charge on any atom is -0.201 e. The third-order valence-electron chi connectivity index (χ3n) is 7.73. The maximum Gasteiger partial charge on any atom is 0.215 e. The standard InChI is InChI=1S/C28H34NSi/c1-19-17-18-29(4)27(21(19)3)26-20(2)15-16-24-23-13-9-10-14-25(23)30(5,28(24)26)22-11-7-6-8-12-22/h9-10,13-18,22H,6-8,11-12H2,1-5H3/q+1/i1D3,3D2. The van der Waals surface area contributed by atoms with E-state index < -0.39 is 21.8 Å². The van der Waals surface area contributed by atoms with E-state index in [-0.39, 0.29) is 5.56 Å². The second kappa shape index (κ2) is 7.20. The SMILES string of the molecule is [2H]C([2H])c1c(C([2H])([2H])[2H])cc[n+](C)c1-c1c(C)ccc2c1[Si](C)(C1CCCCC1)c1ccccc1-2. The van der Waals surface area contributed by atoms with E-state index in [4.69, 9.17) is 6.85 Å². The smallest absolute Gasteiger partial charge is 0.201 e. The molecule has 0 spiro atoms. The second-order valence-electron chi connectivity index (χ2n) is 9.37. The van der Waals surface area contributed by atoms with Crippen molar-refractivity contribution in [2.24, 2.45) is 7.05 Å². The fourth-order valence-electron chi connectivity index (χ4n) is 6.16. The quantitative estimate of drug-likeness (QED) is 0.377. The maximum absolute atomic E-state index is 8.43. The summed E-state index contributed by atoms with van der Waals surface area (Å²) in [6.07, 6.45) is 8.09. The van der Waals surface area contributed by atoms with Gasteiger partial charge >= 0.3 is 0 Å². The first-order valence-corrected chi connectivity index (χ1v) is 13.8. The molecule has 5 rings (SSSR count). The van der Waals surface area contributed by atoms with Gasteiger partial charge in [0.15, 0.2) is 6.20 Å². The summed E-state index contributed by atoms with van der Waals surface area (Å²) in [4.78, 5) is 0. The molecule has 154 valence electrons. The third-order valence-corrected chi connectivity index (χ3v) is 13.1. The number of benzene rings is 2. The number of hydrogen-bond acceptors (Lipinski definition) is 0. The highest BCUT2D eigenvalue weighted by atomic mass is 28.3. The first kappa shape index (κ1) is 14.7. The first-order chi connectivity index (χ1) is 16.6. The van der Waals surface area contributed by atoms with E-state index in [1.807, 2.05) is 11.6 Å². The van der Waals surface area contributed by atoms with Crippen molar-refractivity contribution in [3.63, 3.8) is 0 Å². The Morgan fingerprint density at radius 2 is 1.77 bits per heavy atom. The highest BCUT2D eigenvalue weighted by Gasteiger charge is 2.49. The summed E-state index contributed by atoms with van der Waals surface area (Å²) in [7, 11) is -0.284. The molecule has 0 bridgehead atoms. The molecule has 1 saturated carbocycles.